The topological polar surface area (TPSA) is 67.9 Å². The molecule has 7 heteroatoms. The molecular formula is C25H35N5O2. The lowest BCUT2D eigenvalue weighted by Gasteiger charge is -2.36. The first-order valence-electron chi connectivity index (χ1n) is 11.1. The van der Waals surface area contributed by atoms with Crippen molar-refractivity contribution in [3.63, 3.8) is 0 Å². The summed E-state index contributed by atoms with van der Waals surface area (Å²) in [7, 11) is 7.89. The maximum Gasteiger partial charge on any atom is 0.309 e. The zero-order valence-electron chi connectivity index (χ0n) is 19.6. The van der Waals surface area contributed by atoms with Crippen LogP contribution in [-0.4, -0.2) is 76.0 Å². The Kier molecular flexibility index (Phi) is 8.25. The number of hydrogen-bond acceptors (Lipinski definition) is 5. The van der Waals surface area contributed by atoms with Crippen molar-refractivity contribution in [2.24, 2.45) is 0 Å². The third-order valence-corrected chi connectivity index (χ3v) is 5.90. The van der Waals surface area contributed by atoms with E-state index in [1.165, 1.54) is 11.1 Å². The number of nitrogens with zero attached hydrogens (tertiary/aromatic N) is 3. The number of hydrogen-bond donors (Lipinski definition) is 2. The highest BCUT2D eigenvalue weighted by Gasteiger charge is 2.26. The molecule has 1 atom stereocenters. The van der Waals surface area contributed by atoms with Gasteiger partial charge in [0.1, 0.15) is 0 Å². The van der Waals surface area contributed by atoms with Crippen molar-refractivity contribution in [1.29, 1.82) is 0 Å². The molecule has 0 saturated carbocycles. The molecule has 2 aromatic carbocycles. The predicted molar refractivity (Wildman–Crippen MR) is 129 cm³/mol. The first-order chi connectivity index (χ1) is 15.3. The quantitative estimate of drug-likeness (QED) is 0.615. The number of fused-ring (bicyclic) bond motifs is 1. The van der Waals surface area contributed by atoms with E-state index in [9.17, 15) is 9.59 Å². The fourth-order valence-corrected chi connectivity index (χ4v) is 3.98. The summed E-state index contributed by atoms with van der Waals surface area (Å²) in [6.45, 7) is 3.23. The van der Waals surface area contributed by atoms with Gasteiger partial charge in [-0.25, -0.2) is 0 Å². The molecule has 0 spiro atoms. The third kappa shape index (κ3) is 6.31. The zero-order chi connectivity index (χ0) is 23.1. The van der Waals surface area contributed by atoms with E-state index in [4.69, 9.17) is 0 Å². The van der Waals surface area contributed by atoms with Gasteiger partial charge in [-0.2, -0.15) is 0 Å². The molecule has 0 fully saturated rings. The highest BCUT2D eigenvalue weighted by atomic mass is 16.2. The maximum absolute atomic E-state index is 12.4. The van der Waals surface area contributed by atoms with E-state index in [1.807, 2.05) is 33.1 Å². The van der Waals surface area contributed by atoms with Gasteiger partial charge in [0.2, 0.25) is 0 Å². The van der Waals surface area contributed by atoms with E-state index >= 15 is 0 Å². The number of likely N-dealkylation sites (N-methyl/N-ethyl adjacent to an activating group) is 1. The highest BCUT2D eigenvalue weighted by Crippen LogP contribution is 2.28. The Hall–Kier alpha value is -2.90. The summed E-state index contributed by atoms with van der Waals surface area (Å²) in [5.74, 6) is -1.17. The summed E-state index contributed by atoms with van der Waals surface area (Å²) in [5.41, 5.74) is 4.96. The second kappa shape index (κ2) is 11.1. The fourth-order valence-electron chi connectivity index (χ4n) is 3.98. The van der Waals surface area contributed by atoms with Gasteiger partial charge in [-0.3, -0.25) is 14.5 Å². The SMILES string of the molecule is CN(C)CCNC(=O)C(=O)NC[C@@H](c1ccc(N(C)C)cc1)N1CCc2ccccc2C1. The summed E-state index contributed by atoms with van der Waals surface area (Å²) in [4.78, 5) is 31.0. The van der Waals surface area contributed by atoms with E-state index in [-0.39, 0.29) is 6.04 Å². The summed E-state index contributed by atoms with van der Waals surface area (Å²) in [6, 6.07) is 16.9. The molecule has 2 amide bonds. The van der Waals surface area contributed by atoms with Gasteiger partial charge in [-0.1, -0.05) is 36.4 Å². The second-order valence-electron chi connectivity index (χ2n) is 8.76. The molecule has 0 saturated heterocycles. The van der Waals surface area contributed by atoms with Crippen LogP contribution in [0.15, 0.2) is 48.5 Å². The summed E-state index contributed by atoms with van der Waals surface area (Å²) in [6.07, 6.45) is 0.974. The van der Waals surface area contributed by atoms with Gasteiger partial charge in [0, 0.05) is 52.5 Å². The van der Waals surface area contributed by atoms with Crippen LogP contribution in [0.4, 0.5) is 5.69 Å². The zero-order valence-corrected chi connectivity index (χ0v) is 19.6. The largest absolute Gasteiger partial charge is 0.378 e. The minimum atomic E-state index is -0.587. The lowest BCUT2D eigenvalue weighted by molar-refractivity contribution is -0.139. The number of nitrogens with one attached hydrogen (secondary N) is 2. The molecule has 1 aliphatic heterocycles. The molecule has 0 bridgehead atoms. The number of carbonyl (C=O) groups excluding carboxylic acids is 2. The molecule has 7 nitrogen and oxygen atoms in total. The van der Waals surface area contributed by atoms with Crippen LogP contribution in [0.25, 0.3) is 0 Å². The Labute approximate surface area is 191 Å². The second-order valence-corrected chi connectivity index (χ2v) is 8.76. The standard InChI is InChI=1S/C25H35N5O2/c1-28(2)16-14-26-24(31)25(32)27-17-23(20-9-11-22(12-10-20)29(3)4)30-15-13-19-7-5-6-8-21(19)18-30/h5-12,23H,13-18H2,1-4H3,(H,26,31)(H,27,32)/t23-/m0/s1. The van der Waals surface area contributed by atoms with Crippen molar-refractivity contribution in [3.05, 3.63) is 65.2 Å². The minimum absolute atomic E-state index is 0.0157. The lowest BCUT2D eigenvalue weighted by Crippen LogP contribution is -2.46. The Morgan fingerprint density at radius 2 is 1.59 bits per heavy atom. The van der Waals surface area contributed by atoms with Gasteiger partial charge in [0.05, 0.1) is 6.04 Å². The fraction of sp³-hybridized carbons (Fsp3) is 0.440. The Morgan fingerprint density at radius 1 is 0.938 bits per heavy atom. The van der Waals surface area contributed by atoms with E-state index in [0.717, 1.165) is 30.8 Å². The smallest absolute Gasteiger partial charge is 0.309 e. The molecule has 1 heterocycles. The van der Waals surface area contributed by atoms with Crippen molar-refractivity contribution in [2.75, 3.05) is 59.3 Å². The molecule has 172 valence electrons. The van der Waals surface area contributed by atoms with Crippen LogP contribution in [-0.2, 0) is 22.6 Å². The number of rotatable bonds is 8. The van der Waals surface area contributed by atoms with Crippen molar-refractivity contribution in [2.45, 2.75) is 19.0 Å². The van der Waals surface area contributed by atoms with E-state index in [1.54, 1.807) is 0 Å². The first kappa shape index (κ1) is 23.8. The maximum atomic E-state index is 12.4. The molecule has 0 aromatic heterocycles. The summed E-state index contributed by atoms with van der Waals surface area (Å²) >= 11 is 0. The molecule has 0 unspecified atom stereocenters. The summed E-state index contributed by atoms with van der Waals surface area (Å²) in [5, 5.41) is 5.54. The van der Waals surface area contributed by atoms with E-state index < -0.39 is 11.8 Å². The van der Waals surface area contributed by atoms with Gasteiger partial charge >= 0.3 is 11.8 Å². The van der Waals surface area contributed by atoms with Crippen LogP contribution < -0.4 is 15.5 Å². The Balaban J connectivity index is 1.71. The van der Waals surface area contributed by atoms with Crippen LogP contribution >= 0.6 is 0 Å². The van der Waals surface area contributed by atoms with Crippen molar-refractivity contribution >= 4 is 17.5 Å². The number of carbonyl (C=O) groups is 2. The molecule has 32 heavy (non-hydrogen) atoms. The monoisotopic (exact) mass is 437 g/mol. The van der Waals surface area contributed by atoms with Crippen molar-refractivity contribution < 1.29 is 9.59 Å². The van der Waals surface area contributed by atoms with Crippen LogP contribution in [0, 0.1) is 0 Å². The summed E-state index contributed by atoms with van der Waals surface area (Å²) < 4.78 is 0. The highest BCUT2D eigenvalue weighted by molar-refractivity contribution is 6.35. The van der Waals surface area contributed by atoms with E-state index in [2.05, 4.69) is 69.0 Å². The van der Waals surface area contributed by atoms with E-state index in [0.29, 0.717) is 19.6 Å². The van der Waals surface area contributed by atoms with Crippen molar-refractivity contribution in [3.8, 4) is 0 Å². The van der Waals surface area contributed by atoms with Gasteiger partial charge < -0.3 is 20.4 Å². The molecule has 2 aromatic rings. The van der Waals surface area contributed by atoms with Gasteiger partial charge in [0.25, 0.3) is 0 Å². The van der Waals surface area contributed by atoms with Crippen LogP contribution in [0.5, 0.6) is 0 Å². The van der Waals surface area contributed by atoms with Crippen LogP contribution in [0.2, 0.25) is 0 Å². The minimum Gasteiger partial charge on any atom is -0.378 e. The third-order valence-electron chi connectivity index (χ3n) is 5.90. The molecule has 0 radical (unpaired) electrons. The number of anilines is 1. The van der Waals surface area contributed by atoms with Gasteiger partial charge in [0.15, 0.2) is 0 Å². The lowest BCUT2D eigenvalue weighted by atomic mass is 9.96. The molecule has 3 rings (SSSR count). The van der Waals surface area contributed by atoms with Crippen LogP contribution in [0.1, 0.15) is 22.7 Å². The Morgan fingerprint density at radius 3 is 2.25 bits per heavy atom. The number of benzene rings is 2. The normalized spacial score (nSPS) is 14.5. The van der Waals surface area contributed by atoms with Crippen LogP contribution in [0.3, 0.4) is 0 Å². The first-order valence-corrected chi connectivity index (χ1v) is 11.1. The average Bonchev–Trinajstić information content (AvgIpc) is 2.79. The molecule has 2 N–H and O–H groups in total. The van der Waals surface area contributed by atoms with Crippen molar-refractivity contribution in [1.82, 2.24) is 20.4 Å². The predicted octanol–water partition coefficient (Wildman–Crippen LogP) is 1.65. The van der Waals surface area contributed by atoms with Gasteiger partial charge in [-0.15, -0.1) is 0 Å². The molecule has 0 aliphatic carbocycles. The number of amides is 2. The molecule has 1 aliphatic rings. The van der Waals surface area contributed by atoms with Gasteiger partial charge in [-0.05, 0) is 49.3 Å². The average molecular weight is 438 g/mol. The molecular weight excluding hydrogens is 402 g/mol. The Bertz CT molecular complexity index is 911.